The second kappa shape index (κ2) is 8.57. The standard InChI is InChI=1S/C16H26N2O4S/c1-12-13(16(21)22)6-5-9-18(12)15(20)11-23-10-14(19)17-7-3-2-4-8-17/h12-13H,2-11H2,1H3,(H,21,22)/t12-,13-/m1/s1. The molecule has 0 radical (unpaired) electrons. The summed E-state index contributed by atoms with van der Waals surface area (Å²) in [6.45, 7) is 4.08. The monoisotopic (exact) mass is 342 g/mol. The number of hydrogen-bond acceptors (Lipinski definition) is 4. The molecule has 0 bridgehead atoms. The second-order valence-corrected chi connectivity index (χ2v) is 7.33. The Morgan fingerprint density at radius 3 is 2.30 bits per heavy atom. The minimum absolute atomic E-state index is 0.0557. The van der Waals surface area contributed by atoms with Crippen LogP contribution in [0.4, 0.5) is 0 Å². The molecule has 1 N–H and O–H groups in total. The zero-order valence-electron chi connectivity index (χ0n) is 13.7. The number of aliphatic carboxylic acids is 1. The van der Waals surface area contributed by atoms with Gasteiger partial charge in [0.1, 0.15) is 0 Å². The van der Waals surface area contributed by atoms with Gasteiger partial charge in [-0.2, -0.15) is 0 Å². The van der Waals surface area contributed by atoms with Crippen LogP contribution in [0.1, 0.15) is 39.0 Å². The Balaban J connectivity index is 1.75. The Morgan fingerprint density at radius 2 is 1.65 bits per heavy atom. The summed E-state index contributed by atoms with van der Waals surface area (Å²) in [5.74, 6) is -0.680. The van der Waals surface area contributed by atoms with Gasteiger partial charge in [-0.1, -0.05) is 0 Å². The van der Waals surface area contributed by atoms with Crippen molar-refractivity contribution in [1.82, 2.24) is 9.80 Å². The number of thioether (sulfide) groups is 1. The van der Waals surface area contributed by atoms with Crippen LogP contribution >= 0.6 is 11.8 Å². The van der Waals surface area contributed by atoms with E-state index in [-0.39, 0.29) is 23.6 Å². The van der Waals surface area contributed by atoms with Crippen LogP contribution in [-0.4, -0.2) is 69.9 Å². The average Bonchev–Trinajstić information content (AvgIpc) is 2.55. The van der Waals surface area contributed by atoms with Crippen LogP contribution in [0, 0.1) is 5.92 Å². The third kappa shape index (κ3) is 4.86. The van der Waals surface area contributed by atoms with Gasteiger partial charge in [0.15, 0.2) is 0 Å². The molecular formula is C16H26N2O4S. The molecule has 2 atom stereocenters. The molecule has 2 fully saturated rings. The molecule has 23 heavy (non-hydrogen) atoms. The highest BCUT2D eigenvalue weighted by atomic mass is 32.2. The predicted molar refractivity (Wildman–Crippen MR) is 89.3 cm³/mol. The van der Waals surface area contributed by atoms with E-state index in [1.54, 1.807) is 11.8 Å². The number of carbonyl (C=O) groups is 3. The summed E-state index contributed by atoms with van der Waals surface area (Å²) in [5.41, 5.74) is 0. The van der Waals surface area contributed by atoms with Gasteiger partial charge < -0.3 is 14.9 Å². The van der Waals surface area contributed by atoms with Crippen LogP contribution in [-0.2, 0) is 14.4 Å². The third-order valence-corrected chi connectivity index (χ3v) is 5.69. The minimum atomic E-state index is -0.831. The number of carboxylic acids is 1. The summed E-state index contributed by atoms with van der Waals surface area (Å²) in [5, 5.41) is 9.21. The van der Waals surface area contributed by atoms with Gasteiger partial charge >= 0.3 is 5.97 Å². The van der Waals surface area contributed by atoms with Crippen LogP contribution in [0.2, 0.25) is 0 Å². The Hall–Kier alpha value is -1.24. The predicted octanol–water partition coefficient (Wildman–Crippen LogP) is 1.44. The quantitative estimate of drug-likeness (QED) is 0.818. The highest BCUT2D eigenvalue weighted by Gasteiger charge is 2.35. The van der Waals surface area contributed by atoms with E-state index in [1.807, 2.05) is 4.90 Å². The molecular weight excluding hydrogens is 316 g/mol. The van der Waals surface area contributed by atoms with Crippen molar-refractivity contribution in [3.8, 4) is 0 Å². The fourth-order valence-corrected chi connectivity index (χ4v) is 4.17. The van der Waals surface area contributed by atoms with Crippen molar-refractivity contribution < 1.29 is 19.5 Å². The van der Waals surface area contributed by atoms with Gasteiger partial charge in [-0.25, -0.2) is 0 Å². The Kier molecular flexibility index (Phi) is 6.74. The fourth-order valence-electron chi connectivity index (χ4n) is 3.37. The summed E-state index contributed by atoms with van der Waals surface area (Å²) in [6, 6.07) is -0.271. The molecule has 7 heteroatoms. The zero-order valence-corrected chi connectivity index (χ0v) is 14.5. The highest BCUT2D eigenvalue weighted by molar-refractivity contribution is 8.00. The first-order chi connectivity index (χ1) is 11.0. The lowest BCUT2D eigenvalue weighted by molar-refractivity contribution is -0.148. The van der Waals surface area contributed by atoms with E-state index in [2.05, 4.69) is 0 Å². The Labute approximate surface area is 141 Å². The summed E-state index contributed by atoms with van der Waals surface area (Å²) in [6.07, 6.45) is 4.67. The molecule has 6 nitrogen and oxygen atoms in total. The first-order valence-electron chi connectivity index (χ1n) is 8.38. The van der Waals surface area contributed by atoms with E-state index >= 15 is 0 Å². The van der Waals surface area contributed by atoms with Crippen molar-refractivity contribution in [3.63, 3.8) is 0 Å². The Morgan fingerprint density at radius 1 is 1.00 bits per heavy atom. The van der Waals surface area contributed by atoms with Gasteiger partial charge in [0.05, 0.1) is 17.4 Å². The number of amides is 2. The second-order valence-electron chi connectivity index (χ2n) is 6.35. The average molecular weight is 342 g/mol. The Bertz CT molecular complexity index is 451. The SMILES string of the molecule is C[C@@H]1[C@H](C(=O)O)CCCN1C(=O)CSCC(=O)N1CCCCC1. The summed E-state index contributed by atoms with van der Waals surface area (Å²) in [7, 11) is 0. The number of likely N-dealkylation sites (tertiary alicyclic amines) is 2. The van der Waals surface area contributed by atoms with Crippen LogP contribution < -0.4 is 0 Å². The van der Waals surface area contributed by atoms with Gasteiger partial charge in [-0.15, -0.1) is 11.8 Å². The molecule has 0 aromatic carbocycles. The third-order valence-electron chi connectivity index (χ3n) is 4.79. The van der Waals surface area contributed by atoms with E-state index in [1.165, 1.54) is 18.2 Å². The first-order valence-corrected chi connectivity index (χ1v) is 9.54. The number of piperidine rings is 2. The number of carbonyl (C=O) groups excluding carboxylic acids is 2. The van der Waals surface area contributed by atoms with E-state index in [0.717, 1.165) is 32.4 Å². The maximum Gasteiger partial charge on any atom is 0.308 e. The van der Waals surface area contributed by atoms with Crippen LogP contribution in [0.5, 0.6) is 0 Å². The first kappa shape index (κ1) is 18.1. The van der Waals surface area contributed by atoms with Gasteiger partial charge in [0, 0.05) is 25.7 Å². The molecule has 2 saturated heterocycles. The molecule has 130 valence electrons. The molecule has 0 aliphatic carbocycles. The van der Waals surface area contributed by atoms with Gasteiger partial charge in [-0.3, -0.25) is 14.4 Å². The van der Waals surface area contributed by atoms with Gasteiger partial charge in [-0.05, 0) is 39.0 Å². The maximum absolute atomic E-state index is 12.3. The molecule has 2 amide bonds. The van der Waals surface area contributed by atoms with E-state index in [4.69, 9.17) is 0 Å². The molecule has 2 rings (SSSR count). The van der Waals surface area contributed by atoms with Crippen molar-refractivity contribution in [3.05, 3.63) is 0 Å². The number of hydrogen-bond donors (Lipinski definition) is 1. The molecule has 2 heterocycles. The van der Waals surface area contributed by atoms with Gasteiger partial charge in [0.2, 0.25) is 11.8 Å². The smallest absolute Gasteiger partial charge is 0.308 e. The molecule has 0 spiro atoms. The summed E-state index contributed by atoms with van der Waals surface area (Å²) < 4.78 is 0. The lowest BCUT2D eigenvalue weighted by Crippen LogP contribution is -2.49. The minimum Gasteiger partial charge on any atom is -0.481 e. The number of rotatable bonds is 5. The number of carboxylic acid groups (broad SMARTS) is 1. The normalized spacial score (nSPS) is 25.3. The van der Waals surface area contributed by atoms with Crippen molar-refractivity contribution in [1.29, 1.82) is 0 Å². The lowest BCUT2D eigenvalue weighted by Gasteiger charge is -2.37. The summed E-state index contributed by atoms with van der Waals surface area (Å²) >= 11 is 1.34. The maximum atomic E-state index is 12.3. The topological polar surface area (TPSA) is 77.9 Å². The molecule has 0 unspecified atom stereocenters. The molecule has 0 aromatic heterocycles. The summed E-state index contributed by atoms with van der Waals surface area (Å²) in [4.78, 5) is 39.2. The van der Waals surface area contributed by atoms with E-state index in [0.29, 0.717) is 18.7 Å². The van der Waals surface area contributed by atoms with E-state index < -0.39 is 11.9 Å². The molecule has 0 saturated carbocycles. The largest absolute Gasteiger partial charge is 0.481 e. The molecule has 2 aliphatic rings. The van der Waals surface area contributed by atoms with Gasteiger partial charge in [0.25, 0.3) is 0 Å². The van der Waals surface area contributed by atoms with E-state index in [9.17, 15) is 19.5 Å². The van der Waals surface area contributed by atoms with Crippen molar-refractivity contribution in [2.24, 2.45) is 5.92 Å². The lowest BCUT2D eigenvalue weighted by atomic mass is 9.90. The van der Waals surface area contributed by atoms with Crippen LogP contribution in [0.25, 0.3) is 0 Å². The van der Waals surface area contributed by atoms with Crippen LogP contribution in [0.15, 0.2) is 0 Å². The van der Waals surface area contributed by atoms with Crippen LogP contribution in [0.3, 0.4) is 0 Å². The van der Waals surface area contributed by atoms with Crippen molar-refractivity contribution in [2.75, 3.05) is 31.1 Å². The fraction of sp³-hybridized carbons (Fsp3) is 0.812. The van der Waals surface area contributed by atoms with Crippen molar-refractivity contribution >= 4 is 29.5 Å². The highest BCUT2D eigenvalue weighted by Crippen LogP contribution is 2.24. The van der Waals surface area contributed by atoms with Crippen molar-refractivity contribution in [2.45, 2.75) is 45.1 Å². The molecule has 0 aromatic rings. The molecule has 2 aliphatic heterocycles. The number of nitrogens with zero attached hydrogens (tertiary/aromatic N) is 2. The zero-order chi connectivity index (χ0) is 16.8.